The third-order valence-electron chi connectivity index (χ3n) is 2.94. The van der Waals surface area contributed by atoms with E-state index in [1.54, 1.807) is 24.3 Å². The van der Waals surface area contributed by atoms with Crippen LogP contribution >= 0.6 is 0 Å². The van der Waals surface area contributed by atoms with Gasteiger partial charge in [0.05, 0.1) is 11.3 Å². The van der Waals surface area contributed by atoms with Gasteiger partial charge in [-0.1, -0.05) is 18.2 Å². The molecule has 0 saturated heterocycles. The Bertz CT molecular complexity index is 638. The molecule has 0 aliphatic heterocycles. The number of nitrogens with one attached hydrogen (secondary N) is 1. The fraction of sp³-hybridized carbons (Fsp3) is 0.133. The van der Waals surface area contributed by atoms with Crippen LogP contribution in [-0.2, 0) is 0 Å². The quantitative estimate of drug-likeness (QED) is 0.812. The first-order valence-electron chi connectivity index (χ1n) is 5.91. The summed E-state index contributed by atoms with van der Waals surface area (Å²) in [6, 6.07) is 9.73. The second-order valence-corrected chi connectivity index (χ2v) is 4.47. The lowest BCUT2D eigenvalue weighted by atomic mass is 10.1. The zero-order chi connectivity index (χ0) is 14.0. The molecule has 0 aromatic heterocycles. The summed E-state index contributed by atoms with van der Waals surface area (Å²) < 4.78 is 13.6. The van der Waals surface area contributed by atoms with Crippen LogP contribution in [0.25, 0.3) is 0 Å². The zero-order valence-corrected chi connectivity index (χ0v) is 10.8. The summed E-state index contributed by atoms with van der Waals surface area (Å²) in [5, 5.41) is 2.54. The van der Waals surface area contributed by atoms with E-state index < -0.39 is 11.7 Å². The molecule has 19 heavy (non-hydrogen) atoms. The van der Waals surface area contributed by atoms with Gasteiger partial charge in [0, 0.05) is 5.69 Å². The van der Waals surface area contributed by atoms with Crippen molar-refractivity contribution in [3.63, 3.8) is 0 Å². The van der Waals surface area contributed by atoms with Crippen LogP contribution in [0.15, 0.2) is 36.4 Å². The number of para-hydroxylation sites is 1. The molecule has 4 heteroatoms. The maximum Gasteiger partial charge on any atom is 0.257 e. The van der Waals surface area contributed by atoms with Gasteiger partial charge in [-0.05, 0) is 43.2 Å². The van der Waals surface area contributed by atoms with Crippen molar-refractivity contribution >= 4 is 17.3 Å². The van der Waals surface area contributed by atoms with Crippen LogP contribution in [0.3, 0.4) is 0 Å². The van der Waals surface area contributed by atoms with Gasteiger partial charge in [-0.3, -0.25) is 4.79 Å². The normalized spacial score (nSPS) is 10.3. The third-order valence-corrected chi connectivity index (χ3v) is 2.94. The van der Waals surface area contributed by atoms with Crippen LogP contribution in [0.2, 0.25) is 0 Å². The molecule has 2 rings (SSSR count). The lowest BCUT2D eigenvalue weighted by Gasteiger charge is -2.10. The van der Waals surface area contributed by atoms with E-state index in [0.717, 1.165) is 11.1 Å². The third kappa shape index (κ3) is 2.73. The molecule has 0 atom stereocenters. The molecule has 0 aliphatic carbocycles. The lowest BCUT2D eigenvalue weighted by Crippen LogP contribution is -2.15. The number of carbonyl (C=O) groups is 1. The first kappa shape index (κ1) is 13.1. The van der Waals surface area contributed by atoms with Gasteiger partial charge in [0.15, 0.2) is 0 Å². The SMILES string of the molecule is Cc1ccc(F)c(NC(=O)c2cccc(C)c2N)c1. The van der Waals surface area contributed by atoms with Gasteiger partial charge in [0.2, 0.25) is 0 Å². The van der Waals surface area contributed by atoms with E-state index in [-0.39, 0.29) is 5.69 Å². The second kappa shape index (κ2) is 5.10. The van der Waals surface area contributed by atoms with Gasteiger partial charge < -0.3 is 11.1 Å². The highest BCUT2D eigenvalue weighted by Gasteiger charge is 2.13. The van der Waals surface area contributed by atoms with E-state index in [0.29, 0.717) is 11.3 Å². The maximum atomic E-state index is 13.6. The Balaban J connectivity index is 2.31. The van der Waals surface area contributed by atoms with Gasteiger partial charge in [-0.15, -0.1) is 0 Å². The number of nitrogen functional groups attached to an aromatic ring is 1. The Morgan fingerprint density at radius 2 is 1.95 bits per heavy atom. The van der Waals surface area contributed by atoms with Gasteiger partial charge in [0.1, 0.15) is 5.82 Å². The van der Waals surface area contributed by atoms with Crippen LogP contribution in [0.4, 0.5) is 15.8 Å². The van der Waals surface area contributed by atoms with Gasteiger partial charge in [-0.25, -0.2) is 4.39 Å². The number of hydrogen-bond acceptors (Lipinski definition) is 2. The molecule has 98 valence electrons. The van der Waals surface area contributed by atoms with Gasteiger partial charge in [-0.2, -0.15) is 0 Å². The fourth-order valence-electron chi connectivity index (χ4n) is 1.80. The van der Waals surface area contributed by atoms with Crippen molar-refractivity contribution in [3.8, 4) is 0 Å². The van der Waals surface area contributed by atoms with Crippen LogP contribution in [0, 0.1) is 19.7 Å². The Hall–Kier alpha value is -2.36. The van der Waals surface area contributed by atoms with E-state index in [4.69, 9.17) is 5.73 Å². The standard InChI is InChI=1S/C15H15FN2O/c1-9-6-7-12(16)13(8-9)18-15(19)11-5-3-4-10(2)14(11)17/h3-8H,17H2,1-2H3,(H,18,19). The van der Waals surface area contributed by atoms with Crippen molar-refractivity contribution in [1.82, 2.24) is 0 Å². The Morgan fingerprint density at radius 3 is 2.68 bits per heavy atom. The minimum Gasteiger partial charge on any atom is -0.398 e. The summed E-state index contributed by atoms with van der Waals surface area (Å²) in [6.07, 6.45) is 0. The van der Waals surface area contributed by atoms with Crippen molar-refractivity contribution in [2.24, 2.45) is 0 Å². The Morgan fingerprint density at radius 1 is 1.21 bits per heavy atom. The number of nitrogens with two attached hydrogens (primary N) is 1. The highest BCUT2D eigenvalue weighted by Crippen LogP contribution is 2.20. The minimum absolute atomic E-state index is 0.158. The average Bonchev–Trinajstić information content (AvgIpc) is 2.37. The first-order chi connectivity index (χ1) is 8.99. The molecule has 1 amide bonds. The summed E-state index contributed by atoms with van der Waals surface area (Å²) in [4.78, 5) is 12.1. The second-order valence-electron chi connectivity index (χ2n) is 4.47. The molecule has 0 bridgehead atoms. The summed E-state index contributed by atoms with van der Waals surface area (Å²) in [5.74, 6) is -0.879. The minimum atomic E-state index is -0.467. The summed E-state index contributed by atoms with van der Waals surface area (Å²) in [7, 11) is 0. The smallest absolute Gasteiger partial charge is 0.257 e. The summed E-state index contributed by atoms with van der Waals surface area (Å²) in [5.41, 5.74) is 8.45. The molecule has 0 unspecified atom stereocenters. The van der Waals surface area contributed by atoms with Gasteiger partial charge >= 0.3 is 0 Å². The Labute approximate surface area is 111 Å². The molecule has 0 aliphatic rings. The van der Waals surface area contributed by atoms with Crippen LogP contribution in [0.5, 0.6) is 0 Å². The number of hydrogen-bond donors (Lipinski definition) is 2. The molecule has 0 fully saturated rings. The zero-order valence-electron chi connectivity index (χ0n) is 10.8. The van der Waals surface area contributed by atoms with Crippen LogP contribution in [-0.4, -0.2) is 5.91 Å². The first-order valence-corrected chi connectivity index (χ1v) is 5.91. The molecule has 3 nitrogen and oxygen atoms in total. The van der Waals surface area contributed by atoms with Crippen molar-refractivity contribution in [1.29, 1.82) is 0 Å². The van der Waals surface area contributed by atoms with E-state index in [2.05, 4.69) is 5.32 Å². The molecular formula is C15H15FN2O. The molecule has 0 heterocycles. The molecule has 2 aromatic rings. The highest BCUT2D eigenvalue weighted by molar-refractivity contribution is 6.08. The molecule has 3 N–H and O–H groups in total. The number of aryl methyl sites for hydroxylation is 2. The number of carbonyl (C=O) groups excluding carboxylic acids is 1. The van der Waals surface area contributed by atoms with Crippen LogP contribution in [0.1, 0.15) is 21.5 Å². The summed E-state index contributed by atoms with van der Waals surface area (Å²) in [6.45, 7) is 3.65. The largest absolute Gasteiger partial charge is 0.398 e. The van der Waals surface area contributed by atoms with Crippen molar-refractivity contribution in [2.45, 2.75) is 13.8 Å². The number of halogens is 1. The topological polar surface area (TPSA) is 55.1 Å². The predicted molar refractivity (Wildman–Crippen MR) is 74.7 cm³/mol. The van der Waals surface area contributed by atoms with E-state index in [1.807, 2.05) is 19.9 Å². The fourth-order valence-corrected chi connectivity index (χ4v) is 1.80. The monoisotopic (exact) mass is 258 g/mol. The highest BCUT2D eigenvalue weighted by atomic mass is 19.1. The molecular weight excluding hydrogens is 243 g/mol. The predicted octanol–water partition coefficient (Wildman–Crippen LogP) is 3.28. The number of anilines is 2. The van der Waals surface area contributed by atoms with Crippen LogP contribution < -0.4 is 11.1 Å². The molecule has 0 spiro atoms. The number of benzene rings is 2. The molecule has 2 aromatic carbocycles. The van der Waals surface area contributed by atoms with Crippen molar-refractivity contribution in [2.75, 3.05) is 11.1 Å². The van der Waals surface area contributed by atoms with E-state index in [1.165, 1.54) is 6.07 Å². The number of amides is 1. The maximum absolute atomic E-state index is 13.6. The molecule has 0 saturated carbocycles. The average molecular weight is 258 g/mol. The molecule has 0 radical (unpaired) electrons. The van der Waals surface area contributed by atoms with Crippen molar-refractivity contribution < 1.29 is 9.18 Å². The van der Waals surface area contributed by atoms with E-state index >= 15 is 0 Å². The van der Waals surface area contributed by atoms with Gasteiger partial charge in [0.25, 0.3) is 5.91 Å². The Kier molecular flexibility index (Phi) is 3.51. The van der Waals surface area contributed by atoms with E-state index in [9.17, 15) is 9.18 Å². The summed E-state index contributed by atoms with van der Waals surface area (Å²) >= 11 is 0. The lowest BCUT2D eigenvalue weighted by molar-refractivity contribution is 0.102. The van der Waals surface area contributed by atoms with Crippen molar-refractivity contribution in [3.05, 3.63) is 58.9 Å². The number of rotatable bonds is 2.